The number of carbonyl (C=O) groups is 2. The van der Waals surface area contributed by atoms with Crippen LogP contribution in [-0.4, -0.2) is 22.9 Å². The highest BCUT2D eigenvalue weighted by molar-refractivity contribution is 6.32. The van der Waals surface area contributed by atoms with Crippen molar-refractivity contribution in [2.75, 3.05) is 9.96 Å². The number of amides is 2. The van der Waals surface area contributed by atoms with Crippen LogP contribution in [0.1, 0.15) is 17.2 Å². The van der Waals surface area contributed by atoms with E-state index in [4.69, 9.17) is 16.4 Å². The molecular weight excluding hydrogens is 402 g/mol. The maximum absolute atomic E-state index is 13.5. The van der Waals surface area contributed by atoms with Crippen LogP contribution in [0.25, 0.3) is 0 Å². The Kier molecular flexibility index (Phi) is 4.53. The van der Waals surface area contributed by atoms with E-state index in [0.29, 0.717) is 10.7 Å². The molecule has 2 amide bonds. The van der Waals surface area contributed by atoms with Gasteiger partial charge in [0.2, 0.25) is 5.91 Å². The van der Waals surface area contributed by atoms with Crippen LogP contribution >= 0.6 is 11.6 Å². The fourth-order valence-corrected chi connectivity index (χ4v) is 4.26. The molecule has 7 heteroatoms. The molecule has 2 saturated heterocycles. The van der Waals surface area contributed by atoms with Gasteiger partial charge < -0.3 is 0 Å². The molecule has 30 heavy (non-hydrogen) atoms. The first kappa shape index (κ1) is 18.8. The lowest BCUT2D eigenvalue weighted by atomic mass is 9.91. The number of fused-ring (bicyclic) bond motifs is 1. The Bertz CT molecular complexity index is 1120. The number of anilines is 2. The summed E-state index contributed by atoms with van der Waals surface area (Å²) in [6.45, 7) is 1.87. The molecule has 0 spiro atoms. The first-order valence-corrected chi connectivity index (χ1v) is 9.99. The Balaban J connectivity index is 1.58. The number of carbonyl (C=O) groups excluding carboxylic acids is 2. The quantitative estimate of drug-likeness (QED) is 0.598. The van der Waals surface area contributed by atoms with Crippen molar-refractivity contribution in [2.45, 2.75) is 19.1 Å². The van der Waals surface area contributed by atoms with Crippen LogP contribution in [0, 0.1) is 12.8 Å². The number of rotatable bonds is 3. The molecular formula is C23H18ClN3O3. The van der Waals surface area contributed by atoms with Crippen LogP contribution in [0.2, 0.25) is 5.02 Å². The molecule has 150 valence electrons. The molecule has 0 saturated carbocycles. The Hall–Kier alpha value is -3.22. The highest BCUT2D eigenvalue weighted by Gasteiger charge is 2.60. The number of benzene rings is 2. The van der Waals surface area contributed by atoms with Crippen LogP contribution in [-0.2, 0) is 14.4 Å². The summed E-state index contributed by atoms with van der Waals surface area (Å²) >= 11 is 6.24. The van der Waals surface area contributed by atoms with Gasteiger partial charge in [0.05, 0.1) is 17.4 Å². The fraction of sp³-hybridized carbons (Fsp3) is 0.174. The van der Waals surface area contributed by atoms with Crippen molar-refractivity contribution in [3.8, 4) is 0 Å². The molecule has 0 aliphatic carbocycles. The van der Waals surface area contributed by atoms with Gasteiger partial charge in [0.1, 0.15) is 5.92 Å². The Morgan fingerprint density at radius 3 is 2.37 bits per heavy atom. The van der Waals surface area contributed by atoms with E-state index in [1.807, 2.05) is 49.4 Å². The molecule has 2 aliphatic rings. The van der Waals surface area contributed by atoms with Crippen LogP contribution < -0.4 is 9.96 Å². The second-order valence-corrected chi connectivity index (χ2v) is 7.79. The predicted octanol–water partition coefficient (Wildman–Crippen LogP) is 4.09. The molecule has 3 atom stereocenters. The monoisotopic (exact) mass is 419 g/mol. The SMILES string of the molecule is Cc1ccc(N2C(=O)[C@@H]3[C@@H](ON(c4ccccc4)[C@H]3c3ccncc3)C2=O)cc1Cl. The van der Waals surface area contributed by atoms with Crippen molar-refractivity contribution in [2.24, 2.45) is 5.92 Å². The molecule has 0 N–H and O–H groups in total. The van der Waals surface area contributed by atoms with E-state index >= 15 is 0 Å². The number of halogens is 1. The van der Waals surface area contributed by atoms with Gasteiger partial charge in [-0.25, -0.2) is 9.96 Å². The van der Waals surface area contributed by atoms with Gasteiger partial charge in [-0.15, -0.1) is 0 Å². The molecule has 2 fully saturated rings. The minimum atomic E-state index is -0.907. The summed E-state index contributed by atoms with van der Waals surface area (Å²) in [6, 6.07) is 17.9. The molecule has 0 bridgehead atoms. The van der Waals surface area contributed by atoms with Gasteiger partial charge in [-0.1, -0.05) is 35.9 Å². The van der Waals surface area contributed by atoms with Crippen molar-refractivity contribution in [3.63, 3.8) is 0 Å². The normalized spacial score (nSPS) is 23.2. The summed E-state index contributed by atoms with van der Waals surface area (Å²) in [6.07, 6.45) is 2.44. The Morgan fingerprint density at radius 2 is 1.67 bits per heavy atom. The number of pyridine rings is 1. The van der Waals surface area contributed by atoms with Crippen LogP contribution in [0.15, 0.2) is 73.1 Å². The maximum atomic E-state index is 13.5. The molecule has 3 aromatic rings. The van der Waals surface area contributed by atoms with Gasteiger partial charge in [0.25, 0.3) is 5.91 Å². The topological polar surface area (TPSA) is 62.7 Å². The van der Waals surface area contributed by atoms with E-state index in [2.05, 4.69) is 4.98 Å². The van der Waals surface area contributed by atoms with Crippen molar-refractivity contribution in [3.05, 3.63) is 89.2 Å². The van der Waals surface area contributed by atoms with E-state index in [9.17, 15) is 9.59 Å². The molecule has 0 radical (unpaired) electrons. The Morgan fingerprint density at radius 1 is 0.933 bits per heavy atom. The zero-order chi connectivity index (χ0) is 20.8. The van der Waals surface area contributed by atoms with Crippen molar-refractivity contribution in [1.29, 1.82) is 0 Å². The molecule has 1 aromatic heterocycles. The molecule has 3 heterocycles. The number of hydroxylamine groups is 1. The van der Waals surface area contributed by atoms with Gasteiger partial charge in [-0.3, -0.25) is 19.4 Å². The third-order valence-electron chi connectivity index (χ3n) is 5.59. The predicted molar refractivity (Wildman–Crippen MR) is 113 cm³/mol. The zero-order valence-electron chi connectivity index (χ0n) is 16.1. The van der Waals surface area contributed by atoms with Crippen molar-refractivity contribution < 1.29 is 14.4 Å². The first-order chi connectivity index (χ1) is 14.6. The van der Waals surface area contributed by atoms with E-state index in [-0.39, 0.29) is 11.8 Å². The minimum absolute atomic E-state index is 0.301. The summed E-state index contributed by atoms with van der Waals surface area (Å²) in [4.78, 5) is 38.1. The summed E-state index contributed by atoms with van der Waals surface area (Å²) < 4.78 is 0. The van der Waals surface area contributed by atoms with E-state index in [1.165, 1.54) is 4.90 Å². The van der Waals surface area contributed by atoms with Crippen molar-refractivity contribution >= 4 is 34.8 Å². The number of hydrogen-bond acceptors (Lipinski definition) is 5. The van der Waals surface area contributed by atoms with Gasteiger partial charge in [0, 0.05) is 17.4 Å². The van der Waals surface area contributed by atoms with Gasteiger partial charge in [-0.2, -0.15) is 0 Å². The summed E-state index contributed by atoms with van der Waals surface area (Å²) in [5, 5.41) is 2.17. The number of hydrogen-bond donors (Lipinski definition) is 0. The van der Waals surface area contributed by atoms with Crippen LogP contribution in [0.4, 0.5) is 11.4 Å². The summed E-state index contributed by atoms with van der Waals surface area (Å²) in [7, 11) is 0. The summed E-state index contributed by atoms with van der Waals surface area (Å²) in [5.74, 6) is -1.37. The van der Waals surface area contributed by atoms with E-state index in [0.717, 1.165) is 16.8 Å². The average Bonchev–Trinajstić information content (AvgIpc) is 3.28. The lowest BCUT2D eigenvalue weighted by Crippen LogP contribution is -2.37. The van der Waals surface area contributed by atoms with E-state index in [1.54, 1.807) is 35.7 Å². The summed E-state index contributed by atoms with van der Waals surface area (Å²) in [5.41, 5.74) is 2.96. The second-order valence-electron chi connectivity index (χ2n) is 7.38. The number of para-hydroxylation sites is 1. The largest absolute Gasteiger partial charge is 0.273 e. The highest BCUT2D eigenvalue weighted by Crippen LogP contribution is 2.47. The van der Waals surface area contributed by atoms with Crippen LogP contribution in [0.3, 0.4) is 0 Å². The number of nitrogens with zero attached hydrogens (tertiary/aromatic N) is 3. The molecule has 5 rings (SSSR count). The molecule has 6 nitrogen and oxygen atoms in total. The second kappa shape index (κ2) is 7.23. The molecule has 0 unspecified atom stereocenters. The number of aryl methyl sites for hydroxylation is 1. The average molecular weight is 420 g/mol. The van der Waals surface area contributed by atoms with Crippen molar-refractivity contribution in [1.82, 2.24) is 4.98 Å². The molecule has 2 aliphatic heterocycles. The van der Waals surface area contributed by atoms with Crippen LogP contribution in [0.5, 0.6) is 0 Å². The third kappa shape index (κ3) is 2.88. The maximum Gasteiger partial charge on any atom is 0.266 e. The number of imide groups is 1. The smallest absolute Gasteiger partial charge is 0.266 e. The van der Waals surface area contributed by atoms with E-state index < -0.39 is 18.1 Å². The van der Waals surface area contributed by atoms with Gasteiger partial charge >= 0.3 is 0 Å². The standard InChI is InChI=1S/C23H18ClN3O3/c1-14-7-8-17(13-18(14)24)26-22(28)19-20(15-9-11-25-12-10-15)27(30-21(19)23(26)29)16-5-3-2-4-6-16/h2-13,19-21H,1H3/t19-,20-,21+/m0/s1. The minimum Gasteiger partial charge on any atom is -0.273 e. The highest BCUT2D eigenvalue weighted by atomic mass is 35.5. The fourth-order valence-electron chi connectivity index (χ4n) is 4.09. The lowest BCUT2D eigenvalue weighted by molar-refractivity contribution is -0.126. The zero-order valence-corrected chi connectivity index (χ0v) is 16.9. The van der Waals surface area contributed by atoms with Gasteiger partial charge in [0.15, 0.2) is 6.10 Å². The molecule has 2 aromatic carbocycles. The lowest BCUT2D eigenvalue weighted by Gasteiger charge is -2.28. The first-order valence-electron chi connectivity index (χ1n) is 9.61. The Labute approximate surface area is 178 Å². The third-order valence-corrected chi connectivity index (χ3v) is 5.99. The number of aromatic nitrogens is 1. The van der Waals surface area contributed by atoms with Gasteiger partial charge in [-0.05, 0) is 54.4 Å².